The molecule has 1 aromatic rings. The molecule has 1 atom stereocenters. The van der Waals surface area contributed by atoms with Crippen molar-refractivity contribution in [1.82, 2.24) is 4.98 Å². The van der Waals surface area contributed by atoms with Gasteiger partial charge in [-0.1, -0.05) is 0 Å². The number of ketones is 1. The Labute approximate surface area is 147 Å². The van der Waals surface area contributed by atoms with Crippen LogP contribution in [0.25, 0.3) is 0 Å². The van der Waals surface area contributed by atoms with E-state index >= 15 is 0 Å². The van der Waals surface area contributed by atoms with Gasteiger partial charge in [0.05, 0.1) is 17.9 Å². The minimum absolute atomic E-state index is 0.165. The highest BCUT2D eigenvalue weighted by atomic mass is 19.4. The second-order valence-electron chi connectivity index (χ2n) is 5.62. The van der Waals surface area contributed by atoms with E-state index in [0.717, 1.165) is 6.07 Å². The third-order valence-corrected chi connectivity index (χ3v) is 3.66. The minimum atomic E-state index is -4.66. The Balaban J connectivity index is 2.27. The monoisotopic (exact) mass is 373 g/mol. The Morgan fingerprint density at radius 2 is 2.04 bits per heavy atom. The number of methoxy groups -OCH3 is 1. The molecule has 0 radical (unpaired) electrons. The van der Waals surface area contributed by atoms with Crippen molar-refractivity contribution in [3.8, 4) is 0 Å². The van der Waals surface area contributed by atoms with E-state index in [1.165, 1.54) is 13.2 Å². The van der Waals surface area contributed by atoms with Gasteiger partial charge in [0.2, 0.25) is 0 Å². The fraction of sp³-hybridized carbons (Fsp3) is 0.471. The number of halogens is 3. The Bertz CT molecular complexity index is 715. The number of hydrogen-bond donors (Lipinski definition) is 0. The number of ether oxygens (including phenoxy) is 3. The first-order valence-electron chi connectivity index (χ1n) is 7.88. The molecule has 6 nitrogen and oxygen atoms in total. The summed E-state index contributed by atoms with van der Waals surface area (Å²) in [7, 11) is 1.37. The van der Waals surface area contributed by atoms with Gasteiger partial charge in [0.25, 0.3) is 0 Å². The van der Waals surface area contributed by atoms with Crippen molar-refractivity contribution in [3.05, 3.63) is 40.9 Å². The van der Waals surface area contributed by atoms with E-state index in [1.807, 2.05) is 0 Å². The molecule has 0 spiro atoms. The molecular formula is C17H18F3NO5. The molecule has 1 aromatic heterocycles. The maximum absolute atomic E-state index is 12.9. The Hall–Kier alpha value is -2.26. The average molecular weight is 373 g/mol. The molecule has 0 saturated heterocycles. The van der Waals surface area contributed by atoms with Crippen molar-refractivity contribution in [3.63, 3.8) is 0 Å². The van der Waals surface area contributed by atoms with Crippen LogP contribution < -0.4 is 0 Å². The van der Waals surface area contributed by atoms with Gasteiger partial charge in [0.15, 0.2) is 12.1 Å². The second kappa shape index (κ2) is 8.41. The lowest BCUT2D eigenvalue weighted by atomic mass is 10.1. The number of hydrogen-bond acceptors (Lipinski definition) is 6. The van der Waals surface area contributed by atoms with Crippen LogP contribution in [0.2, 0.25) is 0 Å². The number of nitrogens with zero attached hydrogens (tertiary/aromatic N) is 1. The second-order valence-corrected chi connectivity index (χ2v) is 5.62. The number of alkyl halides is 3. The Morgan fingerprint density at radius 1 is 1.31 bits per heavy atom. The topological polar surface area (TPSA) is 74.7 Å². The molecule has 0 aromatic carbocycles. The number of carbonyl (C=O) groups is 2. The van der Waals surface area contributed by atoms with Gasteiger partial charge < -0.3 is 14.2 Å². The lowest BCUT2D eigenvalue weighted by Crippen LogP contribution is -2.18. The molecule has 0 bridgehead atoms. The van der Waals surface area contributed by atoms with Crippen molar-refractivity contribution in [2.24, 2.45) is 0 Å². The number of allylic oxidation sites excluding steroid dienone is 2. The highest BCUT2D eigenvalue weighted by Gasteiger charge is 2.34. The van der Waals surface area contributed by atoms with Gasteiger partial charge in [0, 0.05) is 26.0 Å². The molecule has 142 valence electrons. The molecule has 9 heteroatoms. The van der Waals surface area contributed by atoms with Crippen LogP contribution in [-0.2, 0) is 31.8 Å². The number of aromatic nitrogens is 1. The largest absolute Gasteiger partial charge is 0.433 e. The van der Waals surface area contributed by atoms with Crippen LogP contribution in [-0.4, -0.2) is 30.1 Å². The van der Waals surface area contributed by atoms with Crippen LogP contribution in [0.3, 0.4) is 0 Å². The fourth-order valence-electron chi connectivity index (χ4n) is 2.23. The van der Waals surface area contributed by atoms with Crippen molar-refractivity contribution in [2.45, 2.75) is 45.3 Å². The van der Waals surface area contributed by atoms with Crippen LogP contribution in [0.15, 0.2) is 24.0 Å². The first kappa shape index (κ1) is 20.1. The quantitative estimate of drug-likeness (QED) is 0.562. The summed E-state index contributed by atoms with van der Waals surface area (Å²) in [5, 5.41) is 0. The van der Waals surface area contributed by atoms with E-state index in [-0.39, 0.29) is 29.4 Å². The van der Waals surface area contributed by atoms with E-state index < -0.39 is 24.1 Å². The Morgan fingerprint density at radius 3 is 2.65 bits per heavy atom. The fourth-order valence-corrected chi connectivity index (χ4v) is 2.23. The lowest BCUT2D eigenvalue weighted by molar-refractivity contribution is -0.142. The number of carbonyl (C=O) groups excluding carboxylic acids is 2. The number of pyridine rings is 1. The van der Waals surface area contributed by atoms with Crippen LogP contribution in [0.5, 0.6) is 0 Å². The smallest absolute Gasteiger partial charge is 0.427 e. The summed E-state index contributed by atoms with van der Waals surface area (Å²) in [4.78, 5) is 27.2. The highest BCUT2D eigenvalue weighted by Crippen LogP contribution is 2.29. The van der Waals surface area contributed by atoms with Gasteiger partial charge >= 0.3 is 12.1 Å². The molecule has 0 N–H and O–H groups in total. The number of rotatable bonds is 6. The predicted molar refractivity (Wildman–Crippen MR) is 82.9 cm³/mol. The van der Waals surface area contributed by atoms with Crippen LogP contribution in [0.1, 0.15) is 47.9 Å². The van der Waals surface area contributed by atoms with Gasteiger partial charge in [-0.3, -0.25) is 4.79 Å². The predicted octanol–water partition coefficient (Wildman–Crippen LogP) is 3.40. The van der Waals surface area contributed by atoms with Crippen LogP contribution in [0.4, 0.5) is 13.2 Å². The zero-order chi connectivity index (χ0) is 19.3. The molecule has 0 saturated carbocycles. The molecule has 26 heavy (non-hydrogen) atoms. The first-order chi connectivity index (χ1) is 12.2. The molecule has 1 heterocycles. The van der Waals surface area contributed by atoms with Crippen molar-refractivity contribution < 1.29 is 37.0 Å². The molecule has 1 unspecified atom stereocenters. The molecule has 1 aliphatic carbocycles. The summed E-state index contributed by atoms with van der Waals surface area (Å²) in [6, 6.07) is 1.68. The molecule has 2 rings (SSSR count). The molecule has 1 aliphatic rings. The third-order valence-electron chi connectivity index (χ3n) is 3.66. The van der Waals surface area contributed by atoms with E-state index in [9.17, 15) is 22.8 Å². The maximum Gasteiger partial charge on any atom is 0.433 e. The summed E-state index contributed by atoms with van der Waals surface area (Å²) in [6.07, 6.45) is -2.82. The van der Waals surface area contributed by atoms with Gasteiger partial charge in [-0.05, 0) is 25.5 Å². The summed E-state index contributed by atoms with van der Waals surface area (Å²) in [6.45, 7) is 1.17. The minimum Gasteiger partial charge on any atom is -0.427 e. The third kappa shape index (κ3) is 5.37. The molecular weight excluding hydrogens is 355 g/mol. The highest BCUT2D eigenvalue weighted by molar-refractivity contribution is 5.94. The van der Waals surface area contributed by atoms with Gasteiger partial charge in [-0.25, -0.2) is 9.78 Å². The molecule has 0 aliphatic heterocycles. The number of esters is 1. The van der Waals surface area contributed by atoms with Crippen LogP contribution >= 0.6 is 0 Å². The van der Waals surface area contributed by atoms with E-state index in [4.69, 9.17) is 14.2 Å². The lowest BCUT2D eigenvalue weighted by Gasteiger charge is -2.16. The Kier molecular flexibility index (Phi) is 6.49. The summed E-state index contributed by atoms with van der Waals surface area (Å²) < 4.78 is 53.9. The van der Waals surface area contributed by atoms with Crippen LogP contribution in [0, 0.1) is 0 Å². The maximum atomic E-state index is 12.9. The van der Waals surface area contributed by atoms with E-state index in [2.05, 4.69) is 4.98 Å². The van der Waals surface area contributed by atoms with Gasteiger partial charge in [-0.15, -0.1) is 0 Å². The zero-order valence-electron chi connectivity index (χ0n) is 14.3. The van der Waals surface area contributed by atoms with Gasteiger partial charge in [-0.2, -0.15) is 13.2 Å². The zero-order valence-corrected chi connectivity index (χ0v) is 14.3. The molecule has 0 fully saturated rings. The summed E-state index contributed by atoms with van der Waals surface area (Å²) >= 11 is 0. The van der Waals surface area contributed by atoms with Gasteiger partial charge in [0.1, 0.15) is 11.5 Å². The normalized spacial score (nSPS) is 16.2. The average Bonchev–Trinajstić information content (AvgIpc) is 2.58. The first-order valence-corrected chi connectivity index (χ1v) is 7.88. The standard InChI is InChI=1S/C17H18F3NO5/c1-10(24-2)25-9-14-13(6-7-15(21-14)17(18,19)20)16(23)26-12-5-3-4-11(22)8-12/h6-8,10H,3-5,9H2,1-2H3. The van der Waals surface area contributed by atoms with E-state index in [1.54, 1.807) is 6.92 Å². The SMILES string of the molecule is COC(C)OCc1nc(C(F)(F)F)ccc1C(=O)OC1=CC(=O)CCC1. The summed E-state index contributed by atoms with van der Waals surface area (Å²) in [5.41, 5.74) is -1.54. The van der Waals surface area contributed by atoms with Crippen molar-refractivity contribution in [1.29, 1.82) is 0 Å². The summed E-state index contributed by atoms with van der Waals surface area (Å²) in [5.74, 6) is -0.874. The van der Waals surface area contributed by atoms with Crippen molar-refractivity contribution in [2.75, 3.05) is 7.11 Å². The van der Waals surface area contributed by atoms with Crippen molar-refractivity contribution >= 4 is 11.8 Å². The molecule has 0 amide bonds. The van der Waals surface area contributed by atoms with E-state index in [0.29, 0.717) is 25.3 Å².